The topological polar surface area (TPSA) is 215 Å². The van der Waals surface area contributed by atoms with Crippen LogP contribution >= 0.6 is 0 Å². The number of unbranched alkanes of at least 4 members (excludes halogenated alkanes) is 2. The molecule has 6 heterocycles. The van der Waals surface area contributed by atoms with Gasteiger partial charge < -0.3 is 4.74 Å². The average molecular weight is 929 g/mol. The van der Waals surface area contributed by atoms with Gasteiger partial charge in [-0.15, -0.1) is 20.4 Å². The largest absolute Gasteiger partial charge is 0.460 e. The molecule has 4 atom stereocenters. The molecule has 18 heteroatoms. The minimum absolute atomic E-state index is 0.133. The molecule has 0 saturated heterocycles. The van der Waals surface area contributed by atoms with Crippen LogP contribution in [0.25, 0.3) is 45.0 Å². The predicted molar refractivity (Wildman–Crippen MR) is 258 cm³/mol. The average Bonchev–Trinajstić information content (AvgIpc) is 4.26. The highest BCUT2D eigenvalue weighted by Gasteiger charge is 2.41. The van der Waals surface area contributed by atoms with Crippen LogP contribution in [0.1, 0.15) is 113 Å². The fraction of sp³-hybridized carbons (Fsp3) is 0.392. The number of tetrazole rings is 2. The van der Waals surface area contributed by atoms with Gasteiger partial charge in [0.1, 0.15) is 6.10 Å². The number of hydrogen-bond acceptors (Lipinski definition) is 12. The molecule has 2 N–H and O–H groups in total. The number of nitrogens with one attached hydrogen (secondary N) is 2. The normalized spacial score (nSPS) is 18.0. The molecular weight excluding hydrogens is 873 g/mol. The van der Waals surface area contributed by atoms with Crippen molar-refractivity contribution >= 4 is 5.97 Å². The molecular formula is C51H56N14O4. The summed E-state index contributed by atoms with van der Waals surface area (Å²) >= 11 is 0. The molecule has 8 aromatic rings. The molecule has 2 aromatic carbocycles. The number of aryl methyl sites for hydroxylation is 2. The molecule has 354 valence electrons. The lowest BCUT2D eigenvalue weighted by Crippen LogP contribution is -2.36. The number of carbonyl (C=O) groups is 1. The van der Waals surface area contributed by atoms with Crippen molar-refractivity contribution in [3.8, 4) is 45.0 Å². The maximum Gasteiger partial charge on any atom is 0.329 e. The maximum absolute atomic E-state index is 14.4. The Hall–Kier alpha value is -7.63. The zero-order chi connectivity index (χ0) is 47.3. The van der Waals surface area contributed by atoms with E-state index >= 15 is 0 Å². The zero-order valence-corrected chi connectivity index (χ0v) is 38.9. The summed E-state index contributed by atoms with van der Waals surface area (Å²) in [4.78, 5) is 52.8. The van der Waals surface area contributed by atoms with E-state index in [-0.39, 0.29) is 29.4 Å². The second kappa shape index (κ2) is 20.3. The number of rotatable bonds is 18. The molecule has 0 aliphatic heterocycles. The van der Waals surface area contributed by atoms with E-state index in [0.29, 0.717) is 44.0 Å². The third kappa shape index (κ3) is 9.34. The number of benzene rings is 2. The lowest BCUT2D eigenvalue weighted by Gasteiger charge is -2.25. The molecule has 0 spiro atoms. The fourth-order valence-electron chi connectivity index (χ4n) is 10.3. The van der Waals surface area contributed by atoms with Crippen LogP contribution < -0.4 is 11.4 Å². The van der Waals surface area contributed by atoms with Crippen molar-refractivity contribution in [2.75, 3.05) is 0 Å². The number of hydrogen-bond donors (Lipinski definition) is 2. The Morgan fingerprint density at radius 2 is 1.12 bits per heavy atom. The number of carbonyl (C=O) groups excluding carboxylic acids is 1. The number of aromatic nitrogens is 14. The van der Waals surface area contributed by atoms with Gasteiger partial charge >= 0.3 is 17.3 Å². The second-order valence-electron chi connectivity index (χ2n) is 18.2. The van der Waals surface area contributed by atoms with Gasteiger partial charge in [0.25, 0.3) is 0 Å². The van der Waals surface area contributed by atoms with Crippen molar-refractivity contribution in [3.63, 3.8) is 0 Å². The van der Waals surface area contributed by atoms with Crippen molar-refractivity contribution in [2.24, 2.45) is 5.92 Å². The van der Waals surface area contributed by atoms with E-state index < -0.39 is 12.0 Å². The van der Waals surface area contributed by atoms with Crippen LogP contribution in [-0.4, -0.2) is 81.6 Å². The summed E-state index contributed by atoms with van der Waals surface area (Å²) in [6.07, 6.45) is 16.7. The van der Waals surface area contributed by atoms with Crippen LogP contribution in [0.5, 0.6) is 0 Å². The van der Waals surface area contributed by atoms with Gasteiger partial charge in [-0.05, 0) is 91.5 Å². The number of pyridine rings is 2. The Labute approximate surface area is 398 Å². The first-order chi connectivity index (χ1) is 33.9. The number of ether oxygens (including phenoxy) is 1. The van der Waals surface area contributed by atoms with Crippen LogP contribution in [-0.2, 0) is 35.5 Å². The third-order valence-electron chi connectivity index (χ3n) is 13.9. The molecule has 6 aromatic heterocycles. The number of esters is 1. The van der Waals surface area contributed by atoms with Crippen LogP contribution in [0.3, 0.4) is 0 Å². The summed E-state index contributed by atoms with van der Waals surface area (Å²) < 4.78 is 13.7. The first-order valence-corrected chi connectivity index (χ1v) is 24.3. The minimum atomic E-state index is -0.481. The Balaban J connectivity index is 0.853. The molecule has 0 bridgehead atoms. The summed E-state index contributed by atoms with van der Waals surface area (Å²) in [6, 6.07) is 22.9. The Kier molecular flexibility index (Phi) is 13.3. The molecule has 4 unspecified atom stereocenters. The quantitative estimate of drug-likeness (QED) is 0.0798. The number of imidazole rings is 2. The van der Waals surface area contributed by atoms with Gasteiger partial charge in [0.05, 0.1) is 42.5 Å². The minimum Gasteiger partial charge on any atom is -0.460 e. The van der Waals surface area contributed by atoms with E-state index in [1.54, 1.807) is 9.13 Å². The second-order valence-corrected chi connectivity index (χ2v) is 18.2. The maximum atomic E-state index is 14.4. The van der Waals surface area contributed by atoms with E-state index in [4.69, 9.17) is 14.7 Å². The number of H-pyrrole nitrogens is 2. The Morgan fingerprint density at radius 1 is 0.623 bits per heavy atom. The summed E-state index contributed by atoms with van der Waals surface area (Å²) in [5.74, 6) is 0.215. The molecule has 2 aliphatic rings. The first kappa shape index (κ1) is 45.2. The first-order valence-electron chi connectivity index (χ1n) is 24.3. The molecule has 0 amide bonds. The summed E-state index contributed by atoms with van der Waals surface area (Å²) in [7, 11) is 0. The molecule has 69 heavy (non-hydrogen) atoms. The van der Waals surface area contributed by atoms with Crippen LogP contribution in [0, 0.1) is 5.92 Å². The number of aromatic amines is 2. The van der Waals surface area contributed by atoms with Crippen molar-refractivity contribution in [2.45, 2.75) is 122 Å². The molecule has 0 radical (unpaired) electrons. The van der Waals surface area contributed by atoms with Crippen LogP contribution in [0.2, 0.25) is 0 Å². The van der Waals surface area contributed by atoms with Gasteiger partial charge in [0, 0.05) is 58.4 Å². The SMILES string of the molecule is CCCCc1cn(C2CCCC2OC(=O)C2CCCC2n2cc(CCCC)n(Cc3ccc(-c4ccccc4-c4nn[nH]n4)cn3)c2=O)c(=O)n1Cc1ccc(-c2ccccc2-c2nn[nH]n2)cn1. The highest BCUT2D eigenvalue weighted by Crippen LogP contribution is 2.39. The molecule has 18 nitrogen and oxygen atoms in total. The molecule has 10 rings (SSSR count). The zero-order valence-electron chi connectivity index (χ0n) is 38.9. The monoisotopic (exact) mass is 928 g/mol. The van der Waals surface area contributed by atoms with E-state index in [1.165, 1.54) is 0 Å². The summed E-state index contributed by atoms with van der Waals surface area (Å²) in [5.41, 5.74) is 8.39. The lowest BCUT2D eigenvalue weighted by molar-refractivity contribution is -0.156. The molecule has 2 aliphatic carbocycles. The van der Waals surface area contributed by atoms with Crippen molar-refractivity contribution in [1.82, 2.24) is 69.5 Å². The smallest absolute Gasteiger partial charge is 0.329 e. The van der Waals surface area contributed by atoms with E-state index in [0.717, 1.165) is 114 Å². The van der Waals surface area contributed by atoms with Crippen LogP contribution in [0.4, 0.5) is 0 Å². The van der Waals surface area contributed by atoms with Gasteiger partial charge in [-0.2, -0.15) is 10.4 Å². The fourth-order valence-corrected chi connectivity index (χ4v) is 10.3. The van der Waals surface area contributed by atoms with E-state index in [2.05, 4.69) is 55.1 Å². The van der Waals surface area contributed by atoms with Crippen molar-refractivity contribution < 1.29 is 9.53 Å². The standard InChI is InChI=1S/C51H56N14O4/c1-3-5-13-37-31-64(50(67)62(37)29-35-25-23-33(27-52-35)39-15-7-9-17-41(39)47-54-58-59-55-47)44-20-11-19-43(44)49(66)69-46-22-12-21-45(46)65-32-38(14-6-4-2)63(51(65)68)30-36-26-24-34(28-53-36)40-16-8-10-18-42(40)48-56-60-61-57-48/h7-10,15-18,23-28,31-32,43-46H,3-6,11-14,19-22,29-30H2,1-2H3,(H,54,55,58,59)(H,56,57,60,61). The van der Waals surface area contributed by atoms with E-state index in [1.807, 2.05) is 107 Å². The van der Waals surface area contributed by atoms with Gasteiger partial charge in [-0.25, -0.2) is 9.59 Å². The number of nitrogens with zero attached hydrogens (tertiary/aromatic N) is 12. The Morgan fingerprint density at radius 3 is 1.59 bits per heavy atom. The highest BCUT2D eigenvalue weighted by atomic mass is 16.5. The molecule has 2 saturated carbocycles. The summed E-state index contributed by atoms with van der Waals surface area (Å²) in [6.45, 7) is 4.89. The van der Waals surface area contributed by atoms with Gasteiger partial charge in [0.15, 0.2) is 0 Å². The molecule has 2 fully saturated rings. The third-order valence-corrected chi connectivity index (χ3v) is 13.9. The van der Waals surface area contributed by atoms with Gasteiger partial charge in [-0.3, -0.25) is 33.0 Å². The van der Waals surface area contributed by atoms with Crippen molar-refractivity contribution in [3.05, 3.63) is 141 Å². The Bertz CT molecular complexity index is 3110. The van der Waals surface area contributed by atoms with E-state index in [9.17, 15) is 14.4 Å². The van der Waals surface area contributed by atoms with Crippen LogP contribution in [0.15, 0.2) is 107 Å². The van der Waals surface area contributed by atoms with Crippen molar-refractivity contribution in [1.29, 1.82) is 0 Å². The van der Waals surface area contributed by atoms with Gasteiger partial charge in [0.2, 0.25) is 11.6 Å². The predicted octanol–water partition coefficient (Wildman–Crippen LogP) is 7.56. The van der Waals surface area contributed by atoms with Gasteiger partial charge in [-0.1, -0.05) is 93.8 Å². The lowest BCUT2D eigenvalue weighted by atomic mass is 10.0. The highest BCUT2D eigenvalue weighted by molar-refractivity contribution is 5.81. The summed E-state index contributed by atoms with van der Waals surface area (Å²) in [5, 5.41) is 29.2.